The first-order valence-electron chi connectivity index (χ1n) is 6.13. The highest BCUT2D eigenvalue weighted by Gasteiger charge is 2.19. The molecule has 0 aliphatic heterocycles. The highest BCUT2D eigenvalue weighted by Crippen LogP contribution is 2.29. The lowest BCUT2D eigenvalue weighted by molar-refractivity contribution is -0.385. The van der Waals surface area contributed by atoms with Crippen LogP contribution in [0.2, 0.25) is 0 Å². The van der Waals surface area contributed by atoms with Gasteiger partial charge in [0.2, 0.25) is 5.88 Å². The van der Waals surface area contributed by atoms with Crippen LogP contribution >= 0.6 is 0 Å². The van der Waals surface area contributed by atoms with E-state index in [4.69, 9.17) is 9.47 Å². The van der Waals surface area contributed by atoms with Crippen LogP contribution in [0.3, 0.4) is 0 Å². The molecule has 0 radical (unpaired) electrons. The lowest BCUT2D eigenvalue weighted by atomic mass is 10.1. The van der Waals surface area contributed by atoms with Gasteiger partial charge in [-0.25, -0.2) is 0 Å². The fraction of sp³-hybridized carbons (Fsp3) is 0.308. The van der Waals surface area contributed by atoms with Gasteiger partial charge >= 0.3 is 0 Å². The molecule has 0 bridgehead atoms. The zero-order valence-electron chi connectivity index (χ0n) is 11.3. The summed E-state index contributed by atoms with van der Waals surface area (Å²) < 4.78 is 12.5. The minimum atomic E-state index is -0.445. The molecule has 0 saturated carbocycles. The van der Waals surface area contributed by atoms with Crippen LogP contribution in [0.1, 0.15) is 12.5 Å². The van der Waals surface area contributed by atoms with Crippen LogP contribution in [-0.2, 0) is 13.7 Å². The van der Waals surface area contributed by atoms with Crippen molar-refractivity contribution in [1.82, 2.24) is 9.78 Å². The summed E-state index contributed by atoms with van der Waals surface area (Å²) in [6.07, 6.45) is 1.73. The van der Waals surface area contributed by atoms with E-state index in [0.717, 1.165) is 0 Å². The molecule has 106 valence electrons. The van der Waals surface area contributed by atoms with Crippen LogP contribution in [0.25, 0.3) is 0 Å². The molecule has 0 unspecified atom stereocenters. The first kappa shape index (κ1) is 13.9. The number of ether oxygens (including phenoxy) is 2. The van der Waals surface area contributed by atoms with Crippen LogP contribution in [0.5, 0.6) is 11.6 Å². The van der Waals surface area contributed by atoms with Crippen LogP contribution in [0, 0.1) is 10.1 Å². The number of nitro benzene ring substituents is 1. The van der Waals surface area contributed by atoms with Gasteiger partial charge in [-0.05, 0) is 13.0 Å². The van der Waals surface area contributed by atoms with Gasteiger partial charge in [0, 0.05) is 25.4 Å². The van der Waals surface area contributed by atoms with Gasteiger partial charge < -0.3 is 9.47 Å². The Kier molecular flexibility index (Phi) is 4.19. The van der Waals surface area contributed by atoms with Crippen molar-refractivity contribution in [3.8, 4) is 11.6 Å². The number of aryl methyl sites for hydroxylation is 1. The third-order valence-corrected chi connectivity index (χ3v) is 2.66. The lowest BCUT2D eigenvalue weighted by Gasteiger charge is -2.10. The Bertz CT molecular complexity index is 609. The summed E-state index contributed by atoms with van der Waals surface area (Å²) in [5.41, 5.74) is 0.386. The summed E-state index contributed by atoms with van der Waals surface area (Å²) in [7, 11) is 1.77. The zero-order chi connectivity index (χ0) is 14.5. The van der Waals surface area contributed by atoms with E-state index in [-0.39, 0.29) is 12.3 Å². The van der Waals surface area contributed by atoms with E-state index in [1.54, 1.807) is 36.1 Å². The maximum atomic E-state index is 11.1. The van der Waals surface area contributed by atoms with E-state index in [2.05, 4.69) is 5.10 Å². The molecular formula is C13H15N3O4. The van der Waals surface area contributed by atoms with Gasteiger partial charge in [0.05, 0.1) is 11.5 Å². The molecule has 7 heteroatoms. The SMILES string of the molecule is CCOc1cccc([N+](=O)[O-])c1COc1ccn(C)n1. The van der Waals surface area contributed by atoms with Crippen LogP contribution in [0.4, 0.5) is 5.69 Å². The molecule has 0 atom stereocenters. The normalized spacial score (nSPS) is 10.3. The highest BCUT2D eigenvalue weighted by atomic mass is 16.6. The topological polar surface area (TPSA) is 79.4 Å². The molecule has 0 aliphatic carbocycles. The van der Waals surface area contributed by atoms with Crippen molar-refractivity contribution in [1.29, 1.82) is 0 Å². The largest absolute Gasteiger partial charge is 0.493 e. The van der Waals surface area contributed by atoms with Gasteiger partial charge in [-0.1, -0.05) is 6.07 Å². The van der Waals surface area contributed by atoms with Crippen LogP contribution in [0.15, 0.2) is 30.5 Å². The molecule has 0 N–H and O–H groups in total. The quantitative estimate of drug-likeness (QED) is 0.598. The van der Waals surface area contributed by atoms with Crippen molar-refractivity contribution in [2.24, 2.45) is 7.05 Å². The Morgan fingerprint density at radius 1 is 1.35 bits per heavy atom. The molecule has 1 heterocycles. The fourth-order valence-corrected chi connectivity index (χ4v) is 1.78. The minimum Gasteiger partial charge on any atom is -0.493 e. The van der Waals surface area contributed by atoms with Crippen LogP contribution < -0.4 is 9.47 Å². The lowest BCUT2D eigenvalue weighted by Crippen LogP contribution is -2.05. The van der Waals surface area contributed by atoms with Crippen molar-refractivity contribution in [3.63, 3.8) is 0 Å². The van der Waals surface area contributed by atoms with E-state index in [9.17, 15) is 10.1 Å². The molecule has 1 aromatic heterocycles. The fourth-order valence-electron chi connectivity index (χ4n) is 1.78. The molecule has 0 aliphatic rings. The van der Waals surface area contributed by atoms with Crippen molar-refractivity contribution < 1.29 is 14.4 Å². The Balaban J connectivity index is 2.25. The van der Waals surface area contributed by atoms with Gasteiger partial charge in [0.15, 0.2) is 0 Å². The summed E-state index contributed by atoms with van der Waals surface area (Å²) in [5, 5.41) is 15.1. The molecular weight excluding hydrogens is 262 g/mol. The Morgan fingerprint density at radius 2 is 2.15 bits per heavy atom. The number of nitrogens with zero attached hydrogens (tertiary/aromatic N) is 3. The highest BCUT2D eigenvalue weighted by molar-refractivity contribution is 5.49. The smallest absolute Gasteiger partial charge is 0.279 e. The third-order valence-electron chi connectivity index (χ3n) is 2.66. The second-order valence-corrected chi connectivity index (χ2v) is 4.06. The minimum absolute atomic E-state index is 0.0214. The van der Waals surface area contributed by atoms with E-state index >= 15 is 0 Å². The monoisotopic (exact) mass is 277 g/mol. The predicted molar refractivity (Wildman–Crippen MR) is 71.8 cm³/mol. The maximum Gasteiger partial charge on any atom is 0.279 e. The van der Waals surface area contributed by atoms with Gasteiger partial charge in [-0.15, -0.1) is 5.10 Å². The van der Waals surface area contributed by atoms with Crippen molar-refractivity contribution in [2.45, 2.75) is 13.5 Å². The molecule has 1 aromatic carbocycles. The second-order valence-electron chi connectivity index (χ2n) is 4.06. The third kappa shape index (κ3) is 3.05. The number of benzene rings is 1. The van der Waals surface area contributed by atoms with Gasteiger partial charge in [-0.3, -0.25) is 14.8 Å². The molecule has 0 fully saturated rings. The molecule has 7 nitrogen and oxygen atoms in total. The summed E-state index contributed by atoms with van der Waals surface area (Å²) >= 11 is 0. The maximum absolute atomic E-state index is 11.1. The van der Waals surface area contributed by atoms with Crippen molar-refractivity contribution in [2.75, 3.05) is 6.61 Å². The average Bonchev–Trinajstić information content (AvgIpc) is 2.83. The summed E-state index contributed by atoms with van der Waals surface area (Å²) in [6, 6.07) is 6.40. The molecule has 0 amide bonds. The van der Waals surface area contributed by atoms with Gasteiger partial charge in [0.1, 0.15) is 17.9 Å². The number of aromatic nitrogens is 2. The zero-order valence-corrected chi connectivity index (χ0v) is 11.3. The first-order chi connectivity index (χ1) is 9.61. The van der Waals surface area contributed by atoms with Crippen molar-refractivity contribution >= 4 is 5.69 Å². The molecule has 2 rings (SSSR count). The summed E-state index contributed by atoms with van der Waals surface area (Å²) in [5.74, 6) is 0.866. The number of hydrogen-bond donors (Lipinski definition) is 0. The summed E-state index contributed by atoms with van der Waals surface area (Å²) in [4.78, 5) is 10.6. The van der Waals surface area contributed by atoms with Crippen LogP contribution in [-0.4, -0.2) is 21.3 Å². The standard InChI is InChI=1S/C13H15N3O4/c1-3-19-12-6-4-5-11(16(17)18)10(12)9-20-13-7-8-15(2)14-13/h4-8H,3,9H2,1-2H3. The summed E-state index contributed by atoms with van der Waals surface area (Å²) in [6.45, 7) is 2.28. The average molecular weight is 277 g/mol. The Hall–Kier alpha value is -2.57. The predicted octanol–water partition coefficient (Wildman–Crippen LogP) is 2.31. The van der Waals surface area contributed by atoms with E-state index in [1.165, 1.54) is 6.07 Å². The number of nitro groups is 1. The molecule has 0 saturated heterocycles. The Labute approximate surface area is 115 Å². The van der Waals surface area contributed by atoms with E-state index in [0.29, 0.717) is 23.8 Å². The van der Waals surface area contributed by atoms with Gasteiger partial charge in [0.25, 0.3) is 5.69 Å². The first-order valence-corrected chi connectivity index (χ1v) is 6.13. The molecule has 20 heavy (non-hydrogen) atoms. The molecule has 0 spiro atoms. The number of hydrogen-bond acceptors (Lipinski definition) is 5. The second kappa shape index (κ2) is 6.05. The van der Waals surface area contributed by atoms with E-state index < -0.39 is 4.92 Å². The van der Waals surface area contributed by atoms with Gasteiger partial charge in [-0.2, -0.15) is 0 Å². The van der Waals surface area contributed by atoms with E-state index in [1.807, 2.05) is 6.92 Å². The molecule has 2 aromatic rings. The Morgan fingerprint density at radius 3 is 2.75 bits per heavy atom. The number of rotatable bonds is 6. The van der Waals surface area contributed by atoms with Crippen molar-refractivity contribution in [3.05, 3.63) is 46.1 Å².